The highest BCUT2D eigenvalue weighted by molar-refractivity contribution is 7.61. The van der Waals surface area contributed by atoms with E-state index < -0.39 is 0 Å². The Kier molecular flexibility index (Phi) is 1.60. The van der Waals surface area contributed by atoms with Crippen molar-refractivity contribution >= 4 is 19.2 Å². The van der Waals surface area contributed by atoms with E-state index in [0.29, 0.717) is 19.3 Å². The Morgan fingerprint density at radius 3 is 2.83 bits per heavy atom. The summed E-state index contributed by atoms with van der Waals surface area (Å²) in [4.78, 5) is 11.2. The summed E-state index contributed by atoms with van der Waals surface area (Å²) in [6.07, 6.45) is 0. The highest BCUT2D eigenvalue weighted by Crippen LogP contribution is 2.25. The molecule has 2 rings (SSSR count). The molecule has 3 heteroatoms. The molecule has 0 amide bonds. The topological polar surface area (TPSA) is 40.1 Å². The van der Waals surface area contributed by atoms with Gasteiger partial charge in [-0.3, -0.25) is 4.79 Å². The molecule has 1 aromatic rings. The molecule has 1 aromatic carbocycles. The van der Waals surface area contributed by atoms with Crippen LogP contribution in [0.1, 0.15) is 21.5 Å². The summed E-state index contributed by atoms with van der Waals surface area (Å²) < 4.78 is 0. The molecule has 60 valence electrons. The van der Waals surface area contributed by atoms with Gasteiger partial charge in [0, 0.05) is 5.56 Å². The quantitative estimate of drug-likeness (QED) is 0.553. The van der Waals surface area contributed by atoms with Crippen LogP contribution >= 0.6 is 8.20 Å². The first-order chi connectivity index (χ1) is 5.68. The summed E-state index contributed by atoms with van der Waals surface area (Å²) >= 11 is 0. The summed E-state index contributed by atoms with van der Waals surface area (Å²) in [6, 6.07) is 5.35. The fraction of sp³-hybridized carbons (Fsp3) is 0.111. The van der Waals surface area contributed by atoms with Crippen LogP contribution < -0.4 is 5.11 Å². The average molecular weight is 177 g/mol. The Bertz CT molecular complexity index is 394. The SMILES string of the molecule is Cc1ccc2c(c1)C([O-])=PC2=O. The van der Waals surface area contributed by atoms with Crippen molar-refractivity contribution < 1.29 is 9.90 Å². The Morgan fingerprint density at radius 2 is 2.08 bits per heavy atom. The van der Waals surface area contributed by atoms with E-state index in [1.807, 2.05) is 13.0 Å². The third kappa shape index (κ3) is 1.01. The van der Waals surface area contributed by atoms with E-state index >= 15 is 0 Å². The lowest BCUT2D eigenvalue weighted by molar-refractivity contribution is -0.206. The van der Waals surface area contributed by atoms with E-state index in [9.17, 15) is 9.90 Å². The van der Waals surface area contributed by atoms with Crippen molar-refractivity contribution in [2.75, 3.05) is 0 Å². The van der Waals surface area contributed by atoms with Gasteiger partial charge in [0.05, 0.1) is 0 Å². The van der Waals surface area contributed by atoms with Gasteiger partial charge < -0.3 is 5.11 Å². The molecule has 0 bridgehead atoms. The van der Waals surface area contributed by atoms with Gasteiger partial charge in [0.1, 0.15) is 0 Å². The Labute approximate surface area is 71.6 Å². The molecule has 0 N–H and O–H groups in total. The fourth-order valence-corrected chi connectivity index (χ4v) is 2.04. The van der Waals surface area contributed by atoms with Crippen molar-refractivity contribution in [1.82, 2.24) is 0 Å². The molecule has 0 aromatic heterocycles. The van der Waals surface area contributed by atoms with Crippen molar-refractivity contribution in [2.24, 2.45) is 0 Å². The van der Waals surface area contributed by atoms with Crippen LogP contribution in [0, 0.1) is 6.92 Å². The summed E-state index contributed by atoms with van der Waals surface area (Å²) in [7, 11) is 0.296. The minimum Gasteiger partial charge on any atom is -0.823 e. The van der Waals surface area contributed by atoms with Gasteiger partial charge in [-0.15, -0.1) is 5.48 Å². The van der Waals surface area contributed by atoms with Crippen LogP contribution in [0.5, 0.6) is 0 Å². The smallest absolute Gasteiger partial charge is 0.211 e. The fourth-order valence-electron chi connectivity index (χ4n) is 1.23. The van der Waals surface area contributed by atoms with Crippen LogP contribution in [-0.4, -0.2) is 11.0 Å². The highest BCUT2D eigenvalue weighted by Gasteiger charge is 2.15. The molecule has 1 heterocycles. The number of carbonyl (C=O) groups excluding carboxylic acids is 1. The Morgan fingerprint density at radius 1 is 1.33 bits per heavy atom. The van der Waals surface area contributed by atoms with Gasteiger partial charge in [0.15, 0.2) is 0 Å². The van der Waals surface area contributed by atoms with E-state index in [1.54, 1.807) is 12.1 Å². The lowest BCUT2D eigenvalue weighted by Crippen LogP contribution is -2.14. The van der Waals surface area contributed by atoms with Crippen molar-refractivity contribution in [1.29, 1.82) is 0 Å². The zero-order chi connectivity index (χ0) is 8.72. The number of hydrogen-bond acceptors (Lipinski definition) is 2. The first kappa shape index (κ1) is 7.66. The first-order valence-corrected chi connectivity index (χ1v) is 4.49. The zero-order valence-corrected chi connectivity index (χ0v) is 7.39. The zero-order valence-electron chi connectivity index (χ0n) is 6.50. The molecule has 0 spiro atoms. The van der Waals surface area contributed by atoms with Crippen LogP contribution in [0.2, 0.25) is 0 Å². The molecule has 0 fully saturated rings. The predicted molar refractivity (Wildman–Crippen MR) is 46.5 cm³/mol. The van der Waals surface area contributed by atoms with E-state index in [2.05, 4.69) is 0 Å². The lowest BCUT2D eigenvalue weighted by Gasteiger charge is -2.07. The second-order valence-corrected chi connectivity index (χ2v) is 3.81. The molecule has 12 heavy (non-hydrogen) atoms. The molecular weight excluding hydrogens is 171 g/mol. The number of benzene rings is 1. The molecule has 0 saturated carbocycles. The number of fused-ring (bicyclic) bond motifs is 1. The van der Waals surface area contributed by atoms with Gasteiger partial charge in [0.25, 0.3) is 0 Å². The molecule has 1 aliphatic rings. The van der Waals surface area contributed by atoms with Gasteiger partial charge in [0.2, 0.25) is 5.52 Å². The monoisotopic (exact) mass is 177 g/mol. The first-order valence-electron chi connectivity index (χ1n) is 3.59. The van der Waals surface area contributed by atoms with Crippen LogP contribution in [-0.2, 0) is 0 Å². The third-order valence-corrected chi connectivity index (χ3v) is 2.73. The number of hydrogen-bond donors (Lipinski definition) is 0. The Hall–Kier alpha value is -0.980. The maximum Gasteiger partial charge on any atom is 0.211 e. The van der Waals surface area contributed by atoms with E-state index in [1.165, 1.54) is 0 Å². The summed E-state index contributed by atoms with van der Waals surface area (Å²) in [5.74, 6) is 0. The standard InChI is InChI=1S/C9H7O2P/c1-5-2-3-6-7(4-5)9(11)12-8(6)10/h2-4,11H,1H3/p-1. The molecule has 1 aliphatic heterocycles. The minimum atomic E-state index is -0.0741. The van der Waals surface area contributed by atoms with Crippen molar-refractivity contribution in [3.8, 4) is 0 Å². The largest absolute Gasteiger partial charge is 0.823 e. The molecular formula is C9H6O2P-. The van der Waals surface area contributed by atoms with E-state index in [-0.39, 0.29) is 11.0 Å². The third-order valence-electron chi connectivity index (χ3n) is 1.84. The number of aryl methyl sites for hydroxylation is 1. The van der Waals surface area contributed by atoms with E-state index in [0.717, 1.165) is 5.56 Å². The molecule has 2 nitrogen and oxygen atoms in total. The second kappa shape index (κ2) is 2.51. The minimum absolute atomic E-state index is 0.0706. The Balaban J connectivity index is 2.69. The highest BCUT2D eigenvalue weighted by atomic mass is 31.1. The number of carbonyl (C=O) groups is 1. The lowest BCUT2D eigenvalue weighted by atomic mass is 10.1. The van der Waals surface area contributed by atoms with E-state index in [4.69, 9.17) is 0 Å². The van der Waals surface area contributed by atoms with Crippen LogP contribution in [0.25, 0.3) is 0 Å². The average Bonchev–Trinajstić information content (AvgIpc) is 2.28. The van der Waals surface area contributed by atoms with Gasteiger partial charge in [-0.2, -0.15) is 0 Å². The maximum absolute atomic E-state index is 11.2. The summed E-state index contributed by atoms with van der Waals surface area (Å²) in [5, 5.41) is 11.2. The molecule has 0 radical (unpaired) electrons. The summed E-state index contributed by atoms with van der Waals surface area (Å²) in [5.41, 5.74) is 2.04. The predicted octanol–water partition coefficient (Wildman–Crippen LogP) is 0.933. The van der Waals surface area contributed by atoms with Gasteiger partial charge in [-0.1, -0.05) is 17.7 Å². The second-order valence-electron chi connectivity index (χ2n) is 2.77. The van der Waals surface area contributed by atoms with Crippen LogP contribution in [0.15, 0.2) is 18.2 Å². The van der Waals surface area contributed by atoms with Gasteiger partial charge >= 0.3 is 0 Å². The van der Waals surface area contributed by atoms with Crippen molar-refractivity contribution in [2.45, 2.75) is 6.92 Å². The number of rotatable bonds is 0. The molecule has 0 aliphatic carbocycles. The molecule has 0 atom stereocenters. The van der Waals surface area contributed by atoms with Gasteiger partial charge in [-0.05, 0) is 26.8 Å². The van der Waals surface area contributed by atoms with Crippen molar-refractivity contribution in [3.05, 3.63) is 34.9 Å². The summed E-state index contributed by atoms with van der Waals surface area (Å²) in [6.45, 7) is 1.91. The van der Waals surface area contributed by atoms with Crippen LogP contribution in [0.4, 0.5) is 0 Å². The van der Waals surface area contributed by atoms with Gasteiger partial charge in [-0.25, -0.2) is 0 Å². The van der Waals surface area contributed by atoms with Crippen LogP contribution in [0.3, 0.4) is 0 Å². The maximum atomic E-state index is 11.2. The normalized spacial score (nSPS) is 15.8. The molecule has 0 saturated heterocycles. The molecule has 0 unspecified atom stereocenters. The van der Waals surface area contributed by atoms with Crippen molar-refractivity contribution in [3.63, 3.8) is 0 Å².